The van der Waals surface area contributed by atoms with Crippen LogP contribution in [0.1, 0.15) is 74.7 Å². The zero-order valence-corrected chi connectivity index (χ0v) is 16.6. The maximum atomic E-state index is 11.9. The number of hydrogen-bond acceptors (Lipinski definition) is 4. The molecule has 6 heteroatoms. The summed E-state index contributed by atoms with van der Waals surface area (Å²) < 4.78 is 10.5. The molecule has 0 heterocycles. The van der Waals surface area contributed by atoms with E-state index in [0.717, 1.165) is 19.3 Å². The zero-order chi connectivity index (χ0) is 19.0. The maximum Gasteiger partial charge on any atom is 0.407 e. The van der Waals surface area contributed by atoms with E-state index in [-0.39, 0.29) is 12.1 Å². The molecule has 2 N–H and O–H groups in total. The third-order valence-corrected chi connectivity index (χ3v) is 3.12. The van der Waals surface area contributed by atoms with E-state index in [4.69, 9.17) is 9.47 Å². The highest BCUT2D eigenvalue weighted by Gasteiger charge is 2.21. The molecule has 0 radical (unpaired) electrons. The van der Waals surface area contributed by atoms with E-state index >= 15 is 0 Å². The molecule has 0 aliphatic heterocycles. The van der Waals surface area contributed by atoms with Crippen molar-refractivity contribution in [3.8, 4) is 0 Å². The van der Waals surface area contributed by atoms with Gasteiger partial charge in [-0.3, -0.25) is 0 Å². The third-order valence-electron chi connectivity index (χ3n) is 3.12. The molecule has 6 nitrogen and oxygen atoms in total. The van der Waals surface area contributed by atoms with E-state index in [1.807, 2.05) is 41.5 Å². The number of hydrogen-bond donors (Lipinski definition) is 2. The number of rotatable bonds is 7. The Morgan fingerprint density at radius 2 is 1.38 bits per heavy atom. The summed E-state index contributed by atoms with van der Waals surface area (Å²) in [6.07, 6.45) is 1.79. The van der Waals surface area contributed by atoms with Crippen LogP contribution in [-0.2, 0) is 9.47 Å². The summed E-state index contributed by atoms with van der Waals surface area (Å²) in [5, 5.41) is 5.67. The molecule has 24 heavy (non-hydrogen) atoms. The van der Waals surface area contributed by atoms with E-state index in [9.17, 15) is 9.59 Å². The largest absolute Gasteiger partial charge is 0.444 e. The summed E-state index contributed by atoms with van der Waals surface area (Å²) in [4.78, 5) is 23.4. The van der Waals surface area contributed by atoms with Gasteiger partial charge in [-0.25, -0.2) is 9.59 Å². The van der Waals surface area contributed by atoms with Crippen molar-refractivity contribution in [1.82, 2.24) is 10.6 Å². The summed E-state index contributed by atoms with van der Waals surface area (Å²) in [5.74, 6) is 0.316. The zero-order valence-electron chi connectivity index (χ0n) is 16.6. The first-order valence-corrected chi connectivity index (χ1v) is 8.76. The minimum absolute atomic E-state index is 0.0568. The van der Waals surface area contributed by atoms with Gasteiger partial charge >= 0.3 is 12.2 Å². The highest BCUT2D eigenvalue weighted by Crippen LogP contribution is 2.13. The average Bonchev–Trinajstić information content (AvgIpc) is 2.32. The second-order valence-corrected chi connectivity index (χ2v) is 8.42. The molecule has 0 bridgehead atoms. The van der Waals surface area contributed by atoms with Gasteiger partial charge in [0.2, 0.25) is 0 Å². The molecule has 0 aliphatic rings. The molecule has 0 saturated heterocycles. The van der Waals surface area contributed by atoms with Crippen LogP contribution in [0.25, 0.3) is 0 Å². The van der Waals surface area contributed by atoms with Gasteiger partial charge in [0.1, 0.15) is 11.2 Å². The van der Waals surface area contributed by atoms with Gasteiger partial charge < -0.3 is 20.1 Å². The minimum Gasteiger partial charge on any atom is -0.444 e. The van der Waals surface area contributed by atoms with Crippen molar-refractivity contribution < 1.29 is 19.1 Å². The van der Waals surface area contributed by atoms with Crippen molar-refractivity contribution in [2.24, 2.45) is 5.92 Å². The molecule has 0 fully saturated rings. The molecule has 0 aromatic carbocycles. The number of ether oxygens (including phenoxy) is 2. The Labute approximate surface area is 147 Å². The van der Waals surface area contributed by atoms with Crippen LogP contribution in [0.2, 0.25) is 0 Å². The Bertz CT molecular complexity index is 395. The first-order valence-electron chi connectivity index (χ1n) is 8.76. The predicted octanol–water partition coefficient (Wildman–Crippen LogP) is 4.23. The standard InChI is InChI=1S/C18H36N2O4/c1-13(2)14(20-16(22)24-18(6,7)8)11-9-10-12-19-15(21)23-17(3,4)5/h13-14H,9-12H2,1-8H3,(H,19,21)(H,20,22)/t14-/m0/s1. The normalized spacial score (nSPS) is 13.4. The van der Waals surface area contributed by atoms with Crippen molar-refractivity contribution in [3.05, 3.63) is 0 Å². The molecule has 2 amide bonds. The monoisotopic (exact) mass is 344 g/mol. The molecular formula is C18H36N2O4. The van der Waals surface area contributed by atoms with Crippen molar-refractivity contribution in [3.63, 3.8) is 0 Å². The summed E-state index contributed by atoms with van der Waals surface area (Å²) >= 11 is 0. The van der Waals surface area contributed by atoms with Gasteiger partial charge in [0.25, 0.3) is 0 Å². The maximum absolute atomic E-state index is 11.9. The second-order valence-electron chi connectivity index (χ2n) is 8.42. The summed E-state index contributed by atoms with van der Waals surface area (Å²) in [6, 6.07) is 0.0568. The third kappa shape index (κ3) is 13.0. The molecule has 1 atom stereocenters. The molecule has 142 valence electrons. The van der Waals surface area contributed by atoms with E-state index in [0.29, 0.717) is 12.5 Å². The smallest absolute Gasteiger partial charge is 0.407 e. The first-order chi connectivity index (χ1) is 10.8. The van der Waals surface area contributed by atoms with E-state index in [1.54, 1.807) is 0 Å². The van der Waals surface area contributed by atoms with Crippen LogP contribution in [0.5, 0.6) is 0 Å². The van der Waals surface area contributed by atoms with Crippen LogP contribution in [-0.4, -0.2) is 36.0 Å². The fourth-order valence-corrected chi connectivity index (χ4v) is 2.02. The predicted molar refractivity (Wildman–Crippen MR) is 96.1 cm³/mol. The highest BCUT2D eigenvalue weighted by molar-refractivity contribution is 5.68. The minimum atomic E-state index is -0.497. The number of nitrogens with one attached hydrogen (secondary N) is 2. The Balaban J connectivity index is 4.07. The van der Waals surface area contributed by atoms with Crippen LogP contribution in [0, 0.1) is 5.92 Å². The quantitative estimate of drug-likeness (QED) is 0.678. The van der Waals surface area contributed by atoms with Crippen LogP contribution in [0.15, 0.2) is 0 Å². The van der Waals surface area contributed by atoms with E-state index < -0.39 is 17.3 Å². The molecule has 0 aromatic heterocycles. The van der Waals surface area contributed by atoms with Gasteiger partial charge in [0.15, 0.2) is 0 Å². The van der Waals surface area contributed by atoms with Gasteiger partial charge in [-0.2, -0.15) is 0 Å². The first kappa shape index (κ1) is 22.5. The molecule has 0 rings (SSSR count). The van der Waals surface area contributed by atoms with Crippen LogP contribution in [0.3, 0.4) is 0 Å². The summed E-state index contributed by atoms with van der Waals surface area (Å²) in [7, 11) is 0. The average molecular weight is 344 g/mol. The molecule has 0 aromatic rings. The Morgan fingerprint density at radius 1 is 0.875 bits per heavy atom. The molecule has 0 aliphatic carbocycles. The van der Waals surface area contributed by atoms with Gasteiger partial charge in [0, 0.05) is 12.6 Å². The Hall–Kier alpha value is -1.46. The SMILES string of the molecule is CC(C)[C@H](CCCCNC(=O)OC(C)(C)C)NC(=O)OC(C)(C)C. The van der Waals surface area contributed by atoms with E-state index in [2.05, 4.69) is 24.5 Å². The lowest BCUT2D eigenvalue weighted by atomic mass is 9.98. The number of carbonyl (C=O) groups excluding carboxylic acids is 2. The lowest BCUT2D eigenvalue weighted by Gasteiger charge is -2.26. The molecule has 0 spiro atoms. The van der Waals surface area contributed by atoms with E-state index in [1.165, 1.54) is 0 Å². The lowest BCUT2D eigenvalue weighted by molar-refractivity contribution is 0.0485. The van der Waals surface area contributed by atoms with Crippen LogP contribution < -0.4 is 10.6 Å². The Kier molecular flexibility index (Phi) is 9.15. The van der Waals surface area contributed by atoms with Crippen molar-refractivity contribution >= 4 is 12.2 Å². The van der Waals surface area contributed by atoms with Gasteiger partial charge in [-0.1, -0.05) is 13.8 Å². The summed E-state index contributed by atoms with van der Waals surface area (Å²) in [6.45, 7) is 15.7. The van der Waals surface area contributed by atoms with Gasteiger partial charge in [-0.05, 0) is 66.7 Å². The van der Waals surface area contributed by atoms with Crippen molar-refractivity contribution in [2.75, 3.05) is 6.54 Å². The molecule has 0 saturated carbocycles. The molecular weight excluding hydrogens is 308 g/mol. The number of carbonyl (C=O) groups is 2. The van der Waals surface area contributed by atoms with Gasteiger partial charge in [0.05, 0.1) is 0 Å². The number of amides is 2. The topological polar surface area (TPSA) is 76.7 Å². The lowest BCUT2D eigenvalue weighted by Crippen LogP contribution is -2.41. The number of alkyl carbamates (subject to hydrolysis) is 2. The van der Waals surface area contributed by atoms with Gasteiger partial charge in [-0.15, -0.1) is 0 Å². The number of unbranched alkanes of at least 4 members (excludes halogenated alkanes) is 1. The van der Waals surface area contributed by atoms with Crippen molar-refractivity contribution in [2.45, 2.75) is 91.9 Å². The van der Waals surface area contributed by atoms with Crippen LogP contribution >= 0.6 is 0 Å². The highest BCUT2D eigenvalue weighted by atomic mass is 16.6. The summed E-state index contributed by atoms with van der Waals surface area (Å²) in [5.41, 5.74) is -0.979. The van der Waals surface area contributed by atoms with Crippen molar-refractivity contribution in [1.29, 1.82) is 0 Å². The van der Waals surface area contributed by atoms with Crippen LogP contribution in [0.4, 0.5) is 9.59 Å². The fourth-order valence-electron chi connectivity index (χ4n) is 2.02. The Morgan fingerprint density at radius 3 is 1.83 bits per heavy atom. The second kappa shape index (κ2) is 9.74. The fraction of sp³-hybridized carbons (Fsp3) is 0.889. The molecule has 0 unspecified atom stereocenters.